The summed E-state index contributed by atoms with van der Waals surface area (Å²) in [5, 5.41) is 0. The van der Waals surface area contributed by atoms with Gasteiger partial charge >= 0.3 is 6.16 Å². The molecule has 6 nitrogen and oxygen atoms in total. The van der Waals surface area contributed by atoms with Gasteiger partial charge in [-0.25, -0.2) is 4.79 Å². The predicted molar refractivity (Wildman–Crippen MR) is 98.8 cm³/mol. The molecule has 0 amide bonds. The summed E-state index contributed by atoms with van der Waals surface area (Å²) in [6, 6.07) is 12.7. The third kappa shape index (κ3) is 6.14. The molecule has 26 heavy (non-hydrogen) atoms. The highest BCUT2D eigenvalue weighted by atomic mass is 16.7. The predicted octanol–water partition coefficient (Wildman–Crippen LogP) is 4.04. The van der Waals surface area contributed by atoms with E-state index < -0.39 is 6.16 Å². The summed E-state index contributed by atoms with van der Waals surface area (Å²) in [6.07, 6.45) is 3.13. The summed E-state index contributed by atoms with van der Waals surface area (Å²) in [5.74, 6) is 1.85. The van der Waals surface area contributed by atoms with Gasteiger partial charge in [-0.2, -0.15) is 0 Å². The molecule has 6 heteroatoms. The lowest BCUT2D eigenvalue weighted by Gasteiger charge is -2.06. The van der Waals surface area contributed by atoms with Gasteiger partial charge in [-0.15, -0.1) is 0 Å². The van der Waals surface area contributed by atoms with Crippen LogP contribution in [0.3, 0.4) is 0 Å². The molecule has 0 saturated carbocycles. The van der Waals surface area contributed by atoms with Crippen molar-refractivity contribution < 1.29 is 28.5 Å². The first-order valence-electron chi connectivity index (χ1n) is 7.99. The quantitative estimate of drug-likeness (QED) is 0.307. The van der Waals surface area contributed by atoms with Crippen molar-refractivity contribution in [1.29, 1.82) is 0 Å². The molecule has 0 spiro atoms. The molecule has 0 N–H and O–H groups in total. The van der Waals surface area contributed by atoms with Crippen molar-refractivity contribution in [3.63, 3.8) is 0 Å². The molecule has 0 bridgehead atoms. The Kier molecular flexibility index (Phi) is 7.51. The lowest BCUT2D eigenvalue weighted by molar-refractivity contribution is 0.0685. The average molecular weight is 358 g/mol. The van der Waals surface area contributed by atoms with E-state index in [4.69, 9.17) is 23.7 Å². The molecular formula is C20H22O6. The fourth-order valence-electron chi connectivity index (χ4n) is 2.10. The molecule has 0 radical (unpaired) electrons. The van der Waals surface area contributed by atoms with E-state index in [0.717, 1.165) is 22.6 Å². The highest BCUT2D eigenvalue weighted by molar-refractivity contribution is 5.71. The van der Waals surface area contributed by atoms with E-state index in [0.29, 0.717) is 12.4 Å². The van der Waals surface area contributed by atoms with Gasteiger partial charge in [-0.3, -0.25) is 0 Å². The first-order valence-corrected chi connectivity index (χ1v) is 7.99. The standard InChI is InChI=1S/C20H22O6/c1-22-10-11-25-20(21)26-17-8-6-15(7-9-17)4-5-16-12-18(23-2)14-19(13-16)24-3/h4-9,12-14H,10-11H2,1-3H3/b5-4+. The molecular weight excluding hydrogens is 336 g/mol. The molecule has 0 unspecified atom stereocenters. The Bertz CT molecular complexity index is 714. The summed E-state index contributed by atoms with van der Waals surface area (Å²) < 4.78 is 25.2. The van der Waals surface area contributed by atoms with Crippen molar-refractivity contribution in [2.24, 2.45) is 0 Å². The number of benzene rings is 2. The van der Waals surface area contributed by atoms with Crippen LogP contribution in [-0.4, -0.2) is 40.7 Å². The van der Waals surface area contributed by atoms with Crippen LogP contribution in [0.5, 0.6) is 17.2 Å². The zero-order valence-electron chi connectivity index (χ0n) is 15.1. The van der Waals surface area contributed by atoms with Crippen molar-refractivity contribution in [2.75, 3.05) is 34.5 Å². The van der Waals surface area contributed by atoms with Crippen LogP contribution in [0.4, 0.5) is 4.79 Å². The van der Waals surface area contributed by atoms with E-state index in [9.17, 15) is 4.79 Å². The number of hydrogen-bond donors (Lipinski definition) is 0. The Morgan fingerprint density at radius 1 is 0.808 bits per heavy atom. The normalized spacial score (nSPS) is 10.6. The van der Waals surface area contributed by atoms with Crippen LogP contribution in [-0.2, 0) is 9.47 Å². The van der Waals surface area contributed by atoms with Gasteiger partial charge in [0.2, 0.25) is 0 Å². The first kappa shape index (κ1) is 19.3. The number of rotatable bonds is 8. The average Bonchev–Trinajstić information content (AvgIpc) is 2.67. The van der Waals surface area contributed by atoms with Crippen LogP contribution in [0.1, 0.15) is 11.1 Å². The van der Waals surface area contributed by atoms with Crippen molar-refractivity contribution in [1.82, 2.24) is 0 Å². The van der Waals surface area contributed by atoms with Gasteiger partial charge < -0.3 is 23.7 Å². The summed E-state index contributed by atoms with van der Waals surface area (Å²) in [5.41, 5.74) is 1.90. The molecule has 0 aliphatic rings. The molecule has 2 rings (SSSR count). The summed E-state index contributed by atoms with van der Waals surface area (Å²) in [6.45, 7) is 0.480. The van der Waals surface area contributed by atoms with Crippen molar-refractivity contribution in [3.05, 3.63) is 53.6 Å². The van der Waals surface area contributed by atoms with Gasteiger partial charge in [-0.05, 0) is 35.4 Å². The Morgan fingerprint density at radius 2 is 1.42 bits per heavy atom. The second-order valence-electron chi connectivity index (χ2n) is 5.24. The van der Waals surface area contributed by atoms with Gasteiger partial charge in [0, 0.05) is 13.2 Å². The molecule has 138 valence electrons. The smallest absolute Gasteiger partial charge is 0.497 e. The van der Waals surface area contributed by atoms with E-state index in [-0.39, 0.29) is 6.61 Å². The number of carbonyl (C=O) groups excluding carboxylic acids is 1. The van der Waals surface area contributed by atoms with Crippen LogP contribution in [0.15, 0.2) is 42.5 Å². The van der Waals surface area contributed by atoms with Crippen LogP contribution in [0, 0.1) is 0 Å². The summed E-state index contributed by atoms with van der Waals surface area (Å²) >= 11 is 0. The van der Waals surface area contributed by atoms with Gasteiger partial charge in [0.05, 0.1) is 20.8 Å². The fourth-order valence-corrected chi connectivity index (χ4v) is 2.10. The topological polar surface area (TPSA) is 63.2 Å². The number of carbonyl (C=O) groups is 1. The van der Waals surface area contributed by atoms with Gasteiger partial charge in [0.15, 0.2) is 0 Å². The maximum atomic E-state index is 11.5. The lowest BCUT2D eigenvalue weighted by Crippen LogP contribution is -2.13. The first-order chi connectivity index (χ1) is 12.6. The third-order valence-electron chi connectivity index (χ3n) is 3.43. The second-order valence-corrected chi connectivity index (χ2v) is 5.24. The number of ether oxygens (including phenoxy) is 5. The van der Waals surface area contributed by atoms with Crippen LogP contribution >= 0.6 is 0 Å². The highest BCUT2D eigenvalue weighted by Gasteiger charge is 2.05. The minimum Gasteiger partial charge on any atom is -0.497 e. The second kappa shape index (κ2) is 10.1. The maximum absolute atomic E-state index is 11.5. The van der Waals surface area contributed by atoms with E-state index in [1.165, 1.54) is 7.11 Å². The zero-order chi connectivity index (χ0) is 18.8. The third-order valence-corrected chi connectivity index (χ3v) is 3.43. The van der Waals surface area contributed by atoms with E-state index in [1.807, 2.05) is 42.5 Å². The maximum Gasteiger partial charge on any atom is 0.513 e. The van der Waals surface area contributed by atoms with Crippen LogP contribution < -0.4 is 14.2 Å². The van der Waals surface area contributed by atoms with E-state index in [1.54, 1.807) is 26.4 Å². The Hall–Kier alpha value is -2.99. The number of methoxy groups -OCH3 is 3. The molecule has 0 aliphatic carbocycles. The Morgan fingerprint density at radius 3 is 2.00 bits per heavy atom. The number of hydrogen-bond acceptors (Lipinski definition) is 6. The van der Waals surface area contributed by atoms with Crippen LogP contribution in [0.25, 0.3) is 12.2 Å². The molecule has 0 saturated heterocycles. The summed E-state index contributed by atoms with van der Waals surface area (Å²) in [7, 11) is 4.76. The van der Waals surface area contributed by atoms with Crippen molar-refractivity contribution in [2.45, 2.75) is 0 Å². The Balaban J connectivity index is 1.98. The van der Waals surface area contributed by atoms with Gasteiger partial charge in [0.1, 0.15) is 23.9 Å². The Labute approximate surface area is 152 Å². The van der Waals surface area contributed by atoms with Crippen LogP contribution in [0.2, 0.25) is 0 Å². The van der Waals surface area contributed by atoms with Gasteiger partial charge in [-0.1, -0.05) is 24.3 Å². The zero-order valence-corrected chi connectivity index (χ0v) is 15.1. The van der Waals surface area contributed by atoms with Crippen molar-refractivity contribution in [3.8, 4) is 17.2 Å². The molecule has 2 aromatic rings. The highest BCUT2D eigenvalue weighted by Crippen LogP contribution is 2.24. The summed E-state index contributed by atoms with van der Waals surface area (Å²) in [4.78, 5) is 11.5. The van der Waals surface area contributed by atoms with E-state index in [2.05, 4.69) is 0 Å². The SMILES string of the molecule is COCCOC(=O)Oc1ccc(/C=C/c2cc(OC)cc(OC)c2)cc1. The fraction of sp³-hybridized carbons (Fsp3) is 0.250. The minimum absolute atomic E-state index is 0.153. The van der Waals surface area contributed by atoms with E-state index >= 15 is 0 Å². The molecule has 0 heterocycles. The molecule has 0 aromatic heterocycles. The van der Waals surface area contributed by atoms with Gasteiger partial charge in [0.25, 0.3) is 0 Å². The molecule has 0 atom stereocenters. The minimum atomic E-state index is -0.756. The van der Waals surface area contributed by atoms with Crippen molar-refractivity contribution >= 4 is 18.3 Å². The largest absolute Gasteiger partial charge is 0.513 e. The monoisotopic (exact) mass is 358 g/mol. The molecule has 0 aliphatic heterocycles. The molecule has 2 aromatic carbocycles. The molecule has 0 fully saturated rings. The lowest BCUT2D eigenvalue weighted by atomic mass is 10.1.